The van der Waals surface area contributed by atoms with Crippen molar-refractivity contribution in [3.05, 3.63) is 54.1 Å². The maximum absolute atomic E-state index is 14.0. The summed E-state index contributed by atoms with van der Waals surface area (Å²) >= 11 is 0. The summed E-state index contributed by atoms with van der Waals surface area (Å²) in [7, 11) is -5.10. The number of nitrogens with two attached hydrogens (primary N) is 1. The van der Waals surface area contributed by atoms with Crippen LogP contribution in [0.1, 0.15) is 77.5 Å². The lowest BCUT2D eigenvalue weighted by atomic mass is 10.0. The summed E-state index contributed by atoms with van der Waals surface area (Å²) in [6.45, 7) is 6.12. The van der Waals surface area contributed by atoms with E-state index in [2.05, 4.69) is 42.9 Å². The molecule has 0 aliphatic carbocycles. The number of rotatable bonds is 23. The highest BCUT2D eigenvalue weighted by molar-refractivity contribution is 7.46. The number of aryl methyl sites for hydroxylation is 2. The molecule has 1 aliphatic rings. The predicted molar refractivity (Wildman–Crippen MR) is 206 cm³/mol. The number of aliphatic hydroxyl groups is 1. The van der Waals surface area contributed by atoms with Crippen LogP contribution in [0.25, 0.3) is 0 Å². The number of phosphoric acid groups is 1. The third-order valence-electron chi connectivity index (χ3n) is 9.54. The van der Waals surface area contributed by atoms with Crippen molar-refractivity contribution in [1.82, 2.24) is 35.7 Å². The molecule has 2 aromatic rings. The summed E-state index contributed by atoms with van der Waals surface area (Å²) in [4.78, 5) is 103. The SMILES string of the molecule is CC(=O)N1CCCC1C(=O)N[C@@H](CC(C)C)C(=O)N[C@@H](Cc1cncn1CCCCCc1ccccc1)C(=O)N[C@@H](CO)C(=O)N[C@H](C(N)=O)[C@@H](C)OP(=O)(O)O. The van der Waals surface area contributed by atoms with Crippen LogP contribution in [0.4, 0.5) is 0 Å². The Hall–Kier alpha value is -4.68. The number of phosphoric ester groups is 1. The van der Waals surface area contributed by atoms with E-state index in [1.54, 1.807) is 6.33 Å². The monoisotopic (exact) mass is 820 g/mol. The highest BCUT2D eigenvalue weighted by Crippen LogP contribution is 2.38. The Morgan fingerprint density at radius 2 is 1.58 bits per heavy atom. The Morgan fingerprint density at radius 1 is 0.930 bits per heavy atom. The molecule has 316 valence electrons. The van der Waals surface area contributed by atoms with E-state index in [1.165, 1.54) is 23.6 Å². The number of amides is 6. The zero-order valence-electron chi connectivity index (χ0n) is 32.8. The Balaban J connectivity index is 1.82. The molecular formula is C37H57N8O11P. The van der Waals surface area contributed by atoms with E-state index in [4.69, 9.17) is 5.73 Å². The Bertz CT molecular complexity index is 1720. The van der Waals surface area contributed by atoms with Gasteiger partial charge in [-0.25, -0.2) is 9.55 Å². The van der Waals surface area contributed by atoms with E-state index in [1.807, 2.05) is 36.6 Å². The molecule has 1 aromatic carbocycles. The van der Waals surface area contributed by atoms with Crippen LogP contribution in [0.2, 0.25) is 0 Å². The first-order valence-corrected chi connectivity index (χ1v) is 20.6. The van der Waals surface area contributed by atoms with Gasteiger partial charge in [0.2, 0.25) is 35.4 Å². The van der Waals surface area contributed by atoms with E-state index in [9.17, 15) is 48.2 Å². The van der Waals surface area contributed by atoms with Crippen molar-refractivity contribution in [2.75, 3.05) is 13.2 Å². The van der Waals surface area contributed by atoms with E-state index in [0.717, 1.165) is 32.6 Å². The van der Waals surface area contributed by atoms with Crippen molar-refractivity contribution in [3.63, 3.8) is 0 Å². The molecule has 1 unspecified atom stereocenters. The van der Waals surface area contributed by atoms with E-state index >= 15 is 0 Å². The second kappa shape index (κ2) is 22.3. The number of likely N-dealkylation sites (tertiary alicyclic amines) is 1. The minimum Gasteiger partial charge on any atom is -0.394 e. The third-order valence-corrected chi connectivity index (χ3v) is 10.2. The van der Waals surface area contributed by atoms with Crippen molar-refractivity contribution in [2.45, 2.75) is 122 Å². The van der Waals surface area contributed by atoms with E-state index < -0.39 is 80.3 Å². The molecule has 1 saturated heterocycles. The van der Waals surface area contributed by atoms with Gasteiger partial charge >= 0.3 is 7.82 Å². The first-order valence-electron chi connectivity index (χ1n) is 19.1. The summed E-state index contributed by atoms with van der Waals surface area (Å²) in [6, 6.07) is 3.35. The van der Waals surface area contributed by atoms with Crippen LogP contribution in [0, 0.1) is 5.92 Å². The van der Waals surface area contributed by atoms with E-state index in [0.29, 0.717) is 31.6 Å². The fraction of sp³-hybridized carbons (Fsp3) is 0.595. The molecule has 0 radical (unpaired) electrons. The van der Waals surface area contributed by atoms with Crippen LogP contribution in [0.5, 0.6) is 0 Å². The van der Waals surface area contributed by atoms with Crippen LogP contribution in [-0.4, -0.2) is 114 Å². The molecule has 1 fully saturated rings. The molecule has 6 atom stereocenters. The van der Waals surface area contributed by atoms with Gasteiger partial charge in [0.25, 0.3) is 0 Å². The topological polar surface area (TPSA) is 285 Å². The molecule has 0 bridgehead atoms. The minimum atomic E-state index is -5.10. The average Bonchev–Trinajstić information content (AvgIpc) is 3.81. The summed E-state index contributed by atoms with van der Waals surface area (Å²) in [6.07, 6.45) is 6.21. The van der Waals surface area contributed by atoms with Gasteiger partial charge in [0.1, 0.15) is 30.2 Å². The highest BCUT2D eigenvalue weighted by Gasteiger charge is 2.37. The lowest BCUT2D eigenvalue weighted by molar-refractivity contribution is -0.139. The number of hydrogen-bond donors (Lipinski definition) is 8. The van der Waals surface area contributed by atoms with Crippen molar-refractivity contribution in [3.8, 4) is 0 Å². The molecule has 3 rings (SSSR count). The molecule has 6 amide bonds. The molecule has 0 saturated carbocycles. The first kappa shape index (κ1) is 46.7. The summed E-state index contributed by atoms with van der Waals surface area (Å²) in [5.74, 6) is -4.84. The smallest absolute Gasteiger partial charge is 0.394 e. The summed E-state index contributed by atoms with van der Waals surface area (Å²) in [5, 5.41) is 20.1. The molecule has 1 aromatic heterocycles. The Kier molecular flexibility index (Phi) is 18.3. The number of nitrogens with one attached hydrogen (secondary N) is 4. The number of unbranched alkanes of at least 4 members (excludes halogenated alkanes) is 2. The minimum absolute atomic E-state index is 0.0817. The van der Waals surface area contributed by atoms with Crippen LogP contribution < -0.4 is 27.0 Å². The Labute approximate surface area is 332 Å². The largest absolute Gasteiger partial charge is 0.469 e. The zero-order valence-corrected chi connectivity index (χ0v) is 33.7. The van der Waals surface area contributed by atoms with Gasteiger partial charge in [-0.15, -0.1) is 0 Å². The number of carbonyl (C=O) groups is 6. The number of aliphatic hydroxyl groups excluding tert-OH is 1. The summed E-state index contributed by atoms with van der Waals surface area (Å²) in [5.41, 5.74) is 7.14. The second-order valence-corrected chi connectivity index (χ2v) is 15.8. The lowest BCUT2D eigenvalue weighted by Crippen LogP contribution is -2.61. The van der Waals surface area contributed by atoms with Crippen molar-refractivity contribution in [2.24, 2.45) is 11.7 Å². The average molecular weight is 821 g/mol. The number of benzene rings is 1. The molecular weight excluding hydrogens is 763 g/mol. The molecule has 57 heavy (non-hydrogen) atoms. The maximum atomic E-state index is 14.0. The van der Waals surface area contributed by atoms with Crippen LogP contribution in [-0.2, 0) is 57.2 Å². The fourth-order valence-corrected chi connectivity index (χ4v) is 7.20. The maximum Gasteiger partial charge on any atom is 0.469 e. The molecule has 0 spiro atoms. The van der Waals surface area contributed by atoms with Gasteiger partial charge in [0.05, 0.1) is 19.0 Å². The van der Waals surface area contributed by atoms with Gasteiger partial charge in [-0.3, -0.25) is 33.3 Å². The molecule has 9 N–H and O–H groups in total. The zero-order chi connectivity index (χ0) is 42.3. The van der Waals surface area contributed by atoms with Crippen LogP contribution in [0.15, 0.2) is 42.9 Å². The number of imidazole rings is 1. The third kappa shape index (κ3) is 15.3. The molecule has 1 aliphatic heterocycles. The fourth-order valence-electron chi connectivity index (χ4n) is 6.65. The molecule has 19 nitrogen and oxygen atoms in total. The number of nitrogens with zero attached hydrogens (tertiary/aromatic N) is 3. The van der Waals surface area contributed by atoms with Gasteiger partial charge in [-0.2, -0.15) is 0 Å². The van der Waals surface area contributed by atoms with Gasteiger partial charge in [-0.1, -0.05) is 50.6 Å². The number of hydrogen-bond acceptors (Lipinski definition) is 10. The van der Waals surface area contributed by atoms with Gasteiger partial charge in [-0.05, 0) is 56.9 Å². The standard InChI is InChI=1S/C37H57N8O11P/c1-23(2)18-28(41-37(52)31-15-11-17-45(31)25(4)47)34(49)40-29(19-27-20-39-22-44(27)16-10-6-9-14-26-12-7-5-8-13-26)35(50)42-30(21-46)36(51)43-32(33(38)48)24(3)56-57(53,54)55/h5,7-8,12-13,20,22-24,28-32,46H,6,9-11,14-19,21H2,1-4H3,(H2,38,48)(H,40,49)(H,41,52)(H,42,50)(H,43,51)(H2,53,54,55)/t24-,28+,29+,30+,31?,32+/m1/s1. The van der Waals surface area contributed by atoms with Crippen molar-refractivity contribution < 1.29 is 52.7 Å². The van der Waals surface area contributed by atoms with Gasteiger partial charge in [0.15, 0.2) is 0 Å². The normalized spacial score (nSPS) is 16.9. The number of primary amides is 1. The molecule has 2 heterocycles. The molecule has 20 heteroatoms. The summed E-state index contributed by atoms with van der Waals surface area (Å²) < 4.78 is 17.7. The lowest BCUT2D eigenvalue weighted by Gasteiger charge is -2.28. The number of carbonyl (C=O) groups excluding carboxylic acids is 6. The quantitative estimate of drug-likeness (QED) is 0.0535. The second-order valence-electron chi connectivity index (χ2n) is 14.6. The van der Waals surface area contributed by atoms with Crippen LogP contribution in [0.3, 0.4) is 0 Å². The highest BCUT2D eigenvalue weighted by atomic mass is 31.2. The van der Waals surface area contributed by atoms with Crippen molar-refractivity contribution >= 4 is 43.3 Å². The Morgan fingerprint density at radius 3 is 2.19 bits per heavy atom. The predicted octanol–water partition coefficient (Wildman–Crippen LogP) is -0.190. The first-order chi connectivity index (χ1) is 26.9. The van der Waals surface area contributed by atoms with Gasteiger partial charge in [0, 0.05) is 38.3 Å². The van der Waals surface area contributed by atoms with Gasteiger partial charge < -0.3 is 51.4 Å². The van der Waals surface area contributed by atoms with Crippen molar-refractivity contribution in [1.29, 1.82) is 0 Å². The van der Waals surface area contributed by atoms with E-state index in [-0.39, 0.29) is 24.7 Å². The number of aromatic nitrogens is 2. The van der Waals surface area contributed by atoms with Crippen LogP contribution >= 0.6 is 7.82 Å².